The van der Waals surface area contributed by atoms with Gasteiger partial charge in [0.2, 0.25) is 0 Å². The molecule has 0 aliphatic heterocycles. The molecular weight excluding hydrogens is 458 g/mol. The highest BCUT2D eigenvalue weighted by atomic mass is 16.5. The Kier molecular flexibility index (Phi) is 5.88. The molecule has 9 nitrogen and oxygen atoms in total. The van der Waals surface area contributed by atoms with Crippen LogP contribution in [0.4, 0.5) is 0 Å². The van der Waals surface area contributed by atoms with Crippen LogP contribution in [0.1, 0.15) is 44.0 Å². The predicted molar refractivity (Wildman–Crippen MR) is 136 cm³/mol. The van der Waals surface area contributed by atoms with Crippen molar-refractivity contribution in [1.82, 2.24) is 24.7 Å². The van der Waals surface area contributed by atoms with E-state index in [1.165, 1.54) is 0 Å². The van der Waals surface area contributed by atoms with Gasteiger partial charge in [0.1, 0.15) is 23.6 Å². The molecule has 4 heterocycles. The number of aliphatic hydroxyl groups is 1. The maximum atomic E-state index is 10.3. The van der Waals surface area contributed by atoms with Crippen molar-refractivity contribution in [3.05, 3.63) is 59.9 Å². The largest absolute Gasteiger partial charge is 0.496 e. The van der Waals surface area contributed by atoms with Crippen LogP contribution in [0.25, 0.3) is 33.1 Å². The lowest BCUT2D eigenvalue weighted by molar-refractivity contribution is 0.0236. The number of fused-ring (bicyclic) bond motifs is 3. The van der Waals surface area contributed by atoms with Crippen LogP contribution in [0.15, 0.2) is 47.2 Å². The van der Waals surface area contributed by atoms with E-state index in [1.807, 2.05) is 55.7 Å². The molecule has 5 rings (SSSR count). The highest BCUT2D eigenvalue weighted by molar-refractivity contribution is 6.05. The van der Waals surface area contributed by atoms with Crippen molar-refractivity contribution in [1.29, 1.82) is 0 Å². The van der Waals surface area contributed by atoms with Gasteiger partial charge in [-0.2, -0.15) is 4.98 Å². The molecule has 0 unspecified atom stereocenters. The van der Waals surface area contributed by atoms with Crippen molar-refractivity contribution in [3.63, 3.8) is 0 Å². The summed E-state index contributed by atoms with van der Waals surface area (Å²) in [6.45, 7) is 9.30. The number of aryl methyl sites for hydroxylation is 2. The third-order valence-corrected chi connectivity index (χ3v) is 6.16. The number of imidazole rings is 1. The number of benzene rings is 1. The minimum Gasteiger partial charge on any atom is -0.496 e. The van der Waals surface area contributed by atoms with Gasteiger partial charge >= 0.3 is 0 Å². The summed E-state index contributed by atoms with van der Waals surface area (Å²) in [6, 6.07) is 9.94. The maximum Gasteiger partial charge on any atom is 0.298 e. The van der Waals surface area contributed by atoms with Crippen LogP contribution in [-0.2, 0) is 0 Å². The van der Waals surface area contributed by atoms with Gasteiger partial charge in [-0.1, -0.05) is 11.2 Å². The zero-order valence-corrected chi connectivity index (χ0v) is 21.2. The van der Waals surface area contributed by atoms with Crippen LogP contribution in [-0.4, -0.2) is 49.1 Å². The summed E-state index contributed by atoms with van der Waals surface area (Å²) < 4.78 is 19.3. The Morgan fingerprint density at radius 1 is 1.14 bits per heavy atom. The van der Waals surface area contributed by atoms with Crippen LogP contribution >= 0.6 is 0 Å². The number of aromatic nitrogens is 5. The number of hydrogen-bond donors (Lipinski definition) is 1. The number of rotatable bonds is 7. The average molecular weight is 488 g/mol. The zero-order chi connectivity index (χ0) is 25.6. The van der Waals surface area contributed by atoms with Crippen molar-refractivity contribution in [2.45, 2.75) is 46.3 Å². The molecule has 1 atom stereocenters. The lowest BCUT2D eigenvalue weighted by Crippen LogP contribution is -2.29. The SMILES string of the molecule is COc1cc2c(cc1-c1c(C)noc1C)ncc1nc(OCC(C)(C)O)n([C@H](C)c3ccccn3)c12. The molecule has 1 aromatic carbocycles. The van der Waals surface area contributed by atoms with Crippen LogP contribution in [0.5, 0.6) is 11.8 Å². The van der Waals surface area contributed by atoms with E-state index >= 15 is 0 Å². The predicted octanol–water partition coefficient (Wildman–Crippen LogP) is 5.02. The molecule has 0 saturated carbocycles. The van der Waals surface area contributed by atoms with E-state index in [0.717, 1.165) is 38.9 Å². The van der Waals surface area contributed by atoms with Crippen LogP contribution in [0.3, 0.4) is 0 Å². The third-order valence-electron chi connectivity index (χ3n) is 6.16. The molecule has 0 aliphatic rings. The Labute approximate surface area is 208 Å². The topological polar surface area (TPSA) is 108 Å². The third kappa shape index (κ3) is 4.15. The normalized spacial score (nSPS) is 12.9. The first kappa shape index (κ1) is 23.7. The van der Waals surface area contributed by atoms with Crippen LogP contribution in [0, 0.1) is 13.8 Å². The molecule has 36 heavy (non-hydrogen) atoms. The van der Waals surface area contributed by atoms with E-state index in [9.17, 15) is 5.11 Å². The molecule has 186 valence electrons. The standard InChI is InChI=1S/C27H29N5O4/c1-15-24(17(3)36-31-15)19-11-21-18(12-23(19)34-6)25-22(13-29-21)30-26(35-14-27(4,5)33)32(25)16(2)20-9-7-8-10-28-20/h7-13,16,33H,14H2,1-6H3/t16-/m1/s1. The fourth-order valence-electron chi connectivity index (χ4n) is 4.47. The van der Waals surface area contributed by atoms with Crippen molar-refractivity contribution >= 4 is 21.9 Å². The quantitative estimate of drug-likeness (QED) is 0.341. The zero-order valence-electron chi connectivity index (χ0n) is 21.2. The number of pyridine rings is 2. The second-order valence-corrected chi connectivity index (χ2v) is 9.56. The van der Waals surface area contributed by atoms with Gasteiger partial charge in [-0.15, -0.1) is 0 Å². The van der Waals surface area contributed by atoms with E-state index < -0.39 is 5.60 Å². The van der Waals surface area contributed by atoms with E-state index in [2.05, 4.69) is 10.1 Å². The van der Waals surface area contributed by atoms with Crippen molar-refractivity contribution < 1.29 is 19.1 Å². The lowest BCUT2D eigenvalue weighted by Gasteiger charge is -2.21. The molecule has 0 radical (unpaired) electrons. The number of methoxy groups -OCH3 is 1. The minimum absolute atomic E-state index is 0.0795. The molecule has 0 amide bonds. The number of hydrogen-bond acceptors (Lipinski definition) is 8. The second-order valence-electron chi connectivity index (χ2n) is 9.56. The van der Waals surface area contributed by atoms with Crippen molar-refractivity contribution in [2.24, 2.45) is 0 Å². The van der Waals surface area contributed by atoms with Gasteiger partial charge in [-0.25, -0.2) is 0 Å². The number of nitrogens with zero attached hydrogens (tertiary/aromatic N) is 5. The monoisotopic (exact) mass is 487 g/mol. The highest BCUT2D eigenvalue weighted by Crippen LogP contribution is 2.40. The Bertz CT molecular complexity index is 1530. The van der Waals surface area contributed by atoms with E-state index in [0.29, 0.717) is 23.0 Å². The van der Waals surface area contributed by atoms with Gasteiger partial charge < -0.3 is 19.1 Å². The molecular formula is C27H29N5O4. The molecule has 5 aromatic rings. The fourth-order valence-corrected chi connectivity index (χ4v) is 4.47. The van der Waals surface area contributed by atoms with Crippen molar-refractivity contribution in [2.75, 3.05) is 13.7 Å². The molecule has 4 aromatic heterocycles. The van der Waals surface area contributed by atoms with Crippen molar-refractivity contribution in [3.8, 4) is 22.9 Å². The maximum absolute atomic E-state index is 10.3. The molecule has 0 spiro atoms. The van der Waals surface area contributed by atoms with Gasteiger partial charge in [0.15, 0.2) is 0 Å². The summed E-state index contributed by atoms with van der Waals surface area (Å²) in [7, 11) is 1.64. The summed E-state index contributed by atoms with van der Waals surface area (Å²) in [4.78, 5) is 14.0. The second kappa shape index (κ2) is 8.91. The fraction of sp³-hybridized carbons (Fsp3) is 0.333. The average Bonchev–Trinajstić information content (AvgIpc) is 3.40. The summed E-state index contributed by atoms with van der Waals surface area (Å²) in [5, 5.41) is 15.2. The van der Waals surface area contributed by atoms with Gasteiger partial charge in [0, 0.05) is 17.1 Å². The molecule has 0 fully saturated rings. The first-order chi connectivity index (χ1) is 17.2. The Morgan fingerprint density at radius 3 is 2.58 bits per heavy atom. The Balaban J connectivity index is 1.78. The van der Waals surface area contributed by atoms with Gasteiger partial charge in [-0.3, -0.25) is 14.5 Å². The van der Waals surface area contributed by atoms with Gasteiger partial charge in [-0.05, 0) is 58.9 Å². The Hall–Kier alpha value is -3.98. The summed E-state index contributed by atoms with van der Waals surface area (Å²) in [6.07, 6.45) is 3.50. The number of ether oxygens (including phenoxy) is 2. The van der Waals surface area contributed by atoms with E-state index in [1.54, 1.807) is 33.4 Å². The first-order valence-electron chi connectivity index (χ1n) is 11.8. The van der Waals surface area contributed by atoms with Gasteiger partial charge in [0.25, 0.3) is 6.01 Å². The summed E-state index contributed by atoms with van der Waals surface area (Å²) >= 11 is 0. The van der Waals surface area contributed by atoms with Crippen LogP contribution < -0.4 is 9.47 Å². The molecule has 0 bridgehead atoms. The lowest BCUT2D eigenvalue weighted by atomic mass is 10.0. The minimum atomic E-state index is -1.02. The summed E-state index contributed by atoms with van der Waals surface area (Å²) in [5.41, 5.74) is 4.63. The highest BCUT2D eigenvalue weighted by Gasteiger charge is 2.25. The van der Waals surface area contributed by atoms with Crippen LogP contribution in [0.2, 0.25) is 0 Å². The molecule has 0 aliphatic carbocycles. The van der Waals surface area contributed by atoms with E-state index in [-0.39, 0.29) is 12.6 Å². The van der Waals surface area contributed by atoms with Gasteiger partial charge in [0.05, 0.1) is 52.9 Å². The smallest absolute Gasteiger partial charge is 0.298 e. The van der Waals surface area contributed by atoms with E-state index in [4.69, 9.17) is 24.0 Å². The Morgan fingerprint density at radius 2 is 1.94 bits per heavy atom. The first-order valence-corrected chi connectivity index (χ1v) is 11.8. The summed E-state index contributed by atoms with van der Waals surface area (Å²) in [5.74, 6) is 1.38. The molecule has 1 N–H and O–H groups in total. The molecule has 9 heteroatoms. The molecule has 0 saturated heterocycles.